The monoisotopic (exact) mass is 525 g/mol. The third-order valence-electron chi connectivity index (χ3n) is 6.15. The molecule has 4 aromatic rings. The average Bonchev–Trinajstić information content (AvgIpc) is 3.29. The molecule has 0 unspecified atom stereocenters. The van der Waals surface area contributed by atoms with Crippen LogP contribution in [0.2, 0.25) is 5.02 Å². The minimum absolute atomic E-state index is 0.211. The van der Waals surface area contributed by atoms with E-state index in [-0.39, 0.29) is 4.90 Å². The summed E-state index contributed by atoms with van der Waals surface area (Å²) >= 11 is 6.11. The van der Waals surface area contributed by atoms with Gasteiger partial charge in [0.2, 0.25) is 16.0 Å². The average molecular weight is 526 g/mol. The van der Waals surface area contributed by atoms with Crippen molar-refractivity contribution in [2.45, 2.75) is 17.7 Å². The third kappa shape index (κ3) is 5.79. The van der Waals surface area contributed by atoms with Crippen LogP contribution in [0.3, 0.4) is 0 Å². The lowest BCUT2D eigenvalue weighted by molar-refractivity contribution is 0.579. The molecule has 1 aliphatic heterocycles. The molecule has 0 bridgehead atoms. The normalized spacial score (nSPS) is 14.3. The fraction of sp³-hybridized carbons (Fsp3) is 0.280. The van der Waals surface area contributed by atoms with Crippen LogP contribution in [0.25, 0.3) is 10.9 Å². The highest BCUT2D eigenvalue weighted by Crippen LogP contribution is 2.23. The molecule has 2 aromatic heterocycles. The van der Waals surface area contributed by atoms with E-state index < -0.39 is 10.0 Å². The molecule has 0 spiro atoms. The standard InChI is InChI=1S/C25H28ClN7O2S/c26-19-3-8-23-22(16-19)18(17-29-23)2-1-10-30-36(34,35)21-6-4-20(5-7-21)31-25-28-11-9-24(32-25)33-14-12-27-13-15-33/h3-9,11,16-17,27,29-30H,1-2,10,12-15H2,(H,28,31,32). The Morgan fingerprint density at radius 2 is 1.86 bits per heavy atom. The molecule has 2 aromatic carbocycles. The molecule has 188 valence electrons. The van der Waals surface area contributed by atoms with E-state index in [4.69, 9.17) is 11.6 Å². The Morgan fingerprint density at radius 1 is 1.06 bits per heavy atom. The van der Waals surface area contributed by atoms with Gasteiger partial charge >= 0.3 is 0 Å². The van der Waals surface area contributed by atoms with Gasteiger partial charge < -0.3 is 20.5 Å². The summed E-state index contributed by atoms with van der Waals surface area (Å²) in [6.07, 6.45) is 5.07. The molecule has 0 radical (unpaired) electrons. The van der Waals surface area contributed by atoms with Gasteiger partial charge in [-0.15, -0.1) is 0 Å². The largest absolute Gasteiger partial charge is 0.361 e. The maximum atomic E-state index is 12.7. The summed E-state index contributed by atoms with van der Waals surface area (Å²) in [4.78, 5) is 14.5. The number of nitrogens with one attached hydrogen (secondary N) is 4. The molecule has 1 saturated heterocycles. The molecule has 3 heterocycles. The highest BCUT2D eigenvalue weighted by atomic mass is 35.5. The predicted molar refractivity (Wildman–Crippen MR) is 144 cm³/mol. The number of hydrogen-bond donors (Lipinski definition) is 4. The molecular weight excluding hydrogens is 498 g/mol. The van der Waals surface area contributed by atoms with Crippen molar-refractivity contribution in [1.82, 2.24) is 25.0 Å². The SMILES string of the molecule is O=S(=O)(NCCCc1c[nH]c2ccc(Cl)cc12)c1ccc(Nc2nccc(N3CCNCC3)n2)cc1. The Labute approximate surface area is 215 Å². The molecule has 5 rings (SSSR count). The lowest BCUT2D eigenvalue weighted by atomic mass is 10.1. The maximum absolute atomic E-state index is 12.7. The number of H-pyrrole nitrogens is 1. The van der Waals surface area contributed by atoms with Crippen molar-refractivity contribution in [3.05, 3.63) is 71.5 Å². The Bertz CT molecular complexity index is 1430. The van der Waals surface area contributed by atoms with Gasteiger partial charge in [-0.2, -0.15) is 4.98 Å². The zero-order chi connectivity index (χ0) is 25.0. The molecule has 1 aliphatic rings. The minimum atomic E-state index is -3.61. The van der Waals surface area contributed by atoms with Gasteiger partial charge in [0.1, 0.15) is 5.82 Å². The fourth-order valence-corrected chi connectivity index (χ4v) is 5.50. The van der Waals surface area contributed by atoms with Crippen LogP contribution in [0.15, 0.2) is 65.8 Å². The van der Waals surface area contributed by atoms with Gasteiger partial charge in [0.05, 0.1) is 4.90 Å². The first-order chi connectivity index (χ1) is 17.5. The predicted octanol–water partition coefficient (Wildman–Crippen LogP) is 3.68. The molecule has 11 heteroatoms. The van der Waals surface area contributed by atoms with Crippen LogP contribution >= 0.6 is 11.6 Å². The van der Waals surface area contributed by atoms with E-state index in [9.17, 15) is 8.42 Å². The Morgan fingerprint density at radius 3 is 2.67 bits per heavy atom. The number of piperazine rings is 1. The van der Waals surface area contributed by atoms with Gasteiger partial charge in [-0.3, -0.25) is 0 Å². The summed E-state index contributed by atoms with van der Waals surface area (Å²) in [5.41, 5.74) is 2.85. The summed E-state index contributed by atoms with van der Waals surface area (Å²) in [6, 6.07) is 14.2. The molecule has 36 heavy (non-hydrogen) atoms. The smallest absolute Gasteiger partial charge is 0.240 e. The Kier molecular flexibility index (Phi) is 7.38. The van der Waals surface area contributed by atoms with Gasteiger partial charge in [0, 0.05) is 66.7 Å². The van der Waals surface area contributed by atoms with Gasteiger partial charge in [-0.25, -0.2) is 18.1 Å². The fourth-order valence-electron chi connectivity index (χ4n) is 4.25. The van der Waals surface area contributed by atoms with E-state index in [0.717, 1.165) is 54.9 Å². The van der Waals surface area contributed by atoms with Crippen molar-refractivity contribution in [3.63, 3.8) is 0 Å². The zero-order valence-electron chi connectivity index (χ0n) is 19.7. The van der Waals surface area contributed by atoms with Crippen molar-refractivity contribution >= 4 is 50.0 Å². The summed E-state index contributed by atoms with van der Waals surface area (Å²) in [5.74, 6) is 1.34. The van der Waals surface area contributed by atoms with E-state index in [1.165, 1.54) is 0 Å². The number of rotatable bonds is 9. The van der Waals surface area contributed by atoms with Crippen LogP contribution in [0.5, 0.6) is 0 Å². The Hall–Kier alpha value is -3.18. The number of anilines is 3. The van der Waals surface area contributed by atoms with E-state index in [1.54, 1.807) is 30.5 Å². The molecule has 1 fully saturated rings. The first-order valence-electron chi connectivity index (χ1n) is 11.9. The van der Waals surface area contributed by atoms with Crippen molar-refractivity contribution in [1.29, 1.82) is 0 Å². The first kappa shape index (κ1) is 24.5. The van der Waals surface area contributed by atoms with E-state index in [2.05, 4.69) is 35.2 Å². The number of nitrogens with zero attached hydrogens (tertiary/aromatic N) is 3. The molecule has 0 aliphatic carbocycles. The van der Waals surface area contributed by atoms with Crippen LogP contribution in [-0.4, -0.2) is 56.1 Å². The van der Waals surface area contributed by atoms with Crippen molar-refractivity contribution in [2.75, 3.05) is 42.9 Å². The minimum Gasteiger partial charge on any atom is -0.361 e. The molecule has 0 atom stereocenters. The molecule has 0 saturated carbocycles. The number of hydrogen-bond acceptors (Lipinski definition) is 7. The van der Waals surface area contributed by atoms with Crippen LogP contribution in [0, 0.1) is 0 Å². The lowest BCUT2D eigenvalue weighted by Gasteiger charge is -2.28. The summed E-state index contributed by atoms with van der Waals surface area (Å²) < 4.78 is 28.2. The first-order valence-corrected chi connectivity index (χ1v) is 13.7. The van der Waals surface area contributed by atoms with Crippen molar-refractivity contribution in [3.8, 4) is 0 Å². The molecule has 0 amide bonds. The number of benzene rings is 2. The highest BCUT2D eigenvalue weighted by Gasteiger charge is 2.15. The van der Waals surface area contributed by atoms with Crippen molar-refractivity contribution in [2.24, 2.45) is 0 Å². The zero-order valence-corrected chi connectivity index (χ0v) is 21.2. The Balaban J connectivity index is 1.16. The second kappa shape index (κ2) is 10.8. The van der Waals surface area contributed by atoms with Crippen LogP contribution in [-0.2, 0) is 16.4 Å². The van der Waals surface area contributed by atoms with Gasteiger partial charge in [-0.1, -0.05) is 11.6 Å². The summed E-state index contributed by atoms with van der Waals surface area (Å²) in [6.45, 7) is 3.98. The van der Waals surface area contributed by atoms with Crippen LogP contribution in [0.1, 0.15) is 12.0 Å². The molecular formula is C25H28ClN7O2S. The lowest BCUT2D eigenvalue weighted by Crippen LogP contribution is -2.43. The molecule has 4 N–H and O–H groups in total. The third-order valence-corrected chi connectivity index (χ3v) is 7.86. The summed E-state index contributed by atoms with van der Waals surface area (Å²) in [5, 5.41) is 8.23. The van der Waals surface area contributed by atoms with Gasteiger partial charge in [0.15, 0.2) is 0 Å². The van der Waals surface area contributed by atoms with E-state index in [1.807, 2.05) is 30.5 Å². The van der Waals surface area contributed by atoms with Crippen LogP contribution in [0.4, 0.5) is 17.5 Å². The number of fused-ring (bicyclic) bond motifs is 1. The number of aromatic amines is 1. The topological polar surface area (TPSA) is 115 Å². The maximum Gasteiger partial charge on any atom is 0.240 e. The highest BCUT2D eigenvalue weighted by molar-refractivity contribution is 7.89. The van der Waals surface area contributed by atoms with Crippen molar-refractivity contribution < 1.29 is 8.42 Å². The number of aromatic nitrogens is 3. The van der Waals surface area contributed by atoms with E-state index >= 15 is 0 Å². The van der Waals surface area contributed by atoms with Gasteiger partial charge in [-0.05, 0) is 66.9 Å². The number of halogens is 1. The van der Waals surface area contributed by atoms with Gasteiger partial charge in [0.25, 0.3) is 0 Å². The summed E-state index contributed by atoms with van der Waals surface area (Å²) in [7, 11) is -3.61. The number of sulfonamides is 1. The van der Waals surface area contributed by atoms with Crippen LogP contribution < -0.4 is 20.3 Å². The number of aryl methyl sites for hydroxylation is 1. The van der Waals surface area contributed by atoms with E-state index in [0.29, 0.717) is 29.6 Å². The second-order valence-electron chi connectivity index (χ2n) is 8.63. The quantitative estimate of drug-likeness (QED) is 0.246. The second-order valence-corrected chi connectivity index (χ2v) is 10.8. The molecule has 9 nitrogen and oxygen atoms in total.